The molecular formula is C23H30N4O3. The van der Waals surface area contributed by atoms with Crippen molar-refractivity contribution in [2.75, 3.05) is 13.1 Å². The Labute approximate surface area is 177 Å². The minimum atomic E-state index is -0.382. The van der Waals surface area contributed by atoms with Crippen molar-refractivity contribution in [3.8, 4) is 11.3 Å². The zero-order valence-corrected chi connectivity index (χ0v) is 17.2. The molecular weight excluding hydrogens is 380 g/mol. The number of amides is 2. The molecule has 0 bridgehead atoms. The van der Waals surface area contributed by atoms with Gasteiger partial charge in [0.15, 0.2) is 0 Å². The highest BCUT2D eigenvalue weighted by Gasteiger charge is 2.37. The molecule has 0 unspecified atom stereocenters. The molecule has 2 amide bonds. The number of hydrogen-bond donors (Lipinski definition) is 2. The highest BCUT2D eigenvalue weighted by molar-refractivity contribution is 5.80. The number of hydrogen-bond acceptors (Lipinski definition) is 4. The summed E-state index contributed by atoms with van der Waals surface area (Å²) in [6.07, 6.45) is 9.35. The normalized spacial score (nSPS) is 20.4. The topological polar surface area (TPSA) is 89.5 Å². The van der Waals surface area contributed by atoms with Gasteiger partial charge in [-0.05, 0) is 30.7 Å². The Bertz CT molecular complexity index is 847. The van der Waals surface area contributed by atoms with E-state index in [1.165, 1.54) is 12.8 Å². The fourth-order valence-corrected chi connectivity index (χ4v) is 4.99. The van der Waals surface area contributed by atoms with Gasteiger partial charge in [0.25, 0.3) is 0 Å². The predicted molar refractivity (Wildman–Crippen MR) is 112 cm³/mol. The lowest BCUT2D eigenvalue weighted by atomic mass is 9.91. The minimum absolute atomic E-state index is 0.0166. The summed E-state index contributed by atoms with van der Waals surface area (Å²) >= 11 is 0. The van der Waals surface area contributed by atoms with Crippen molar-refractivity contribution in [2.45, 2.75) is 51.0 Å². The van der Waals surface area contributed by atoms with E-state index >= 15 is 0 Å². The number of aromatic nitrogens is 2. The van der Waals surface area contributed by atoms with Gasteiger partial charge in [0.1, 0.15) is 5.82 Å². The maximum Gasteiger partial charge on any atom is 0.233 e. The number of nitrogens with one attached hydrogen (secondary N) is 1. The number of nitrogens with zero attached hydrogens (tertiary/aromatic N) is 3. The smallest absolute Gasteiger partial charge is 0.233 e. The Morgan fingerprint density at radius 1 is 1.23 bits per heavy atom. The summed E-state index contributed by atoms with van der Waals surface area (Å²) in [6, 6.07) is 9.92. The van der Waals surface area contributed by atoms with Crippen LogP contribution in [-0.4, -0.2) is 50.5 Å². The molecule has 7 heteroatoms. The lowest BCUT2D eigenvalue weighted by Crippen LogP contribution is -2.41. The van der Waals surface area contributed by atoms with Crippen LogP contribution in [0.25, 0.3) is 11.3 Å². The number of hydroxylamine groups is 2. The van der Waals surface area contributed by atoms with Crippen LogP contribution < -0.4 is 0 Å². The Balaban J connectivity index is 1.51. The van der Waals surface area contributed by atoms with E-state index in [0.29, 0.717) is 23.9 Å². The Hall–Kier alpha value is -2.67. The average Bonchev–Trinajstić information content (AvgIpc) is 3.54. The molecule has 2 aromatic rings. The van der Waals surface area contributed by atoms with E-state index in [1.807, 2.05) is 41.4 Å². The molecule has 1 aromatic heterocycles. The van der Waals surface area contributed by atoms with E-state index < -0.39 is 0 Å². The molecule has 160 valence electrons. The first-order chi connectivity index (χ1) is 14.7. The maximum atomic E-state index is 13.5. The number of carbonyl (C=O) groups excluding carboxylic acids is 2. The van der Waals surface area contributed by atoms with Crippen molar-refractivity contribution in [2.24, 2.45) is 11.8 Å². The lowest BCUT2D eigenvalue weighted by molar-refractivity contribution is -0.157. The van der Waals surface area contributed by atoms with Gasteiger partial charge in [-0.15, -0.1) is 0 Å². The molecule has 7 nitrogen and oxygen atoms in total. The van der Waals surface area contributed by atoms with Crippen LogP contribution in [0.5, 0.6) is 0 Å². The molecule has 2 heterocycles. The highest BCUT2D eigenvalue weighted by atomic mass is 16.5. The van der Waals surface area contributed by atoms with Crippen molar-refractivity contribution in [1.29, 1.82) is 0 Å². The summed E-state index contributed by atoms with van der Waals surface area (Å²) in [7, 11) is 0. The zero-order valence-electron chi connectivity index (χ0n) is 17.2. The number of carbonyl (C=O) groups is 2. The molecule has 4 rings (SSSR count). The zero-order chi connectivity index (χ0) is 20.9. The van der Waals surface area contributed by atoms with Gasteiger partial charge in [-0.25, -0.2) is 10.0 Å². The lowest BCUT2D eigenvalue weighted by Gasteiger charge is -2.30. The SMILES string of the molecule is O=CN(O)C[C@@H](CC1CCCC1)C(=O)N1CCC[C@H]1c1ncc(-c2ccccc2)[nH]1. The number of aromatic amines is 1. The summed E-state index contributed by atoms with van der Waals surface area (Å²) < 4.78 is 0. The molecule has 0 spiro atoms. The van der Waals surface area contributed by atoms with Crippen LogP contribution in [0.3, 0.4) is 0 Å². The molecule has 1 saturated heterocycles. The van der Waals surface area contributed by atoms with Crippen LogP contribution in [0.4, 0.5) is 0 Å². The number of benzene rings is 1. The highest BCUT2D eigenvalue weighted by Crippen LogP contribution is 2.36. The van der Waals surface area contributed by atoms with Gasteiger partial charge in [-0.3, -0.25) is 14.8 Å². The van der Waals surface area contributed by atoms with Gasteiger partial charge in [0.05, 0.1) is 30.4 Å². The van der Waals surface area contributed by atoms with E-state index in [1.54, 1.807) is 0 Å². The molecule has 1 aromatic carbocycles. The van der Waals surface area contributed by atoms with Gasteiger partial charge in [-0.2, -0.15) is 0 Å². The van der Waals surface area contributed by atoms with Crippen molar-refractivity contribution >= 4 is 12.3 Å². The largest absolute Gasteiger partial charge is 0.340 e. The molecule has 2 aliphatic rings. The quantitative estimate of drug-likeness (QED) is 0.394. The predicted octanol–water partition coefficient (Wildman–Crippen LogP) is 3.78. The number of H-pyrrole nitrogens is 1. The molecule has 2 N–H and O–H groups in total. The van der Waals surface area contributed by atoms with Crippen LogP contribution in [0.15, 0.2) is 36.5 Å². The molecule has 2 fully saturated rings. The van der Waals surface area contributed by atoms with E-state index in [-0.39, 0.29) is 24.4 Å². The van der Waals surface area contributed by atoms with Crippen LogP contribution in [0, 0.1) is 11.8 Å². The number of rotatable bonds is 8. The second-order valence-corrected chi connectivity index (χ2v) is 8.55. The van der Waals surface area contributed by atoms with Crippen LogP contribution >= 0.6 is 0 Å². The summed E-state index contributed by atoms with van der Waals surface area (Å²) in [5.74, 6) is 0.930. The van der Waals surface area contributed by atoms with Gasteiger partial charge in [0, 0.05) is 6.54 Å². The molecule has 1 saturated carbocycles. The van der Waals surface area contributed by atoms with Crippen LogP contribution in [0.2, 0.25) is 0 Å². The summed E-state index contributed by atoms with van der Waals surface area (Å²) in [4.78, 5) is 34.3. The van der Waals surface area contributed by atoms with Crippen molar-refractivity contribution in [1.82, 2.24) is 19.9 Å². The third kappa shape index (κ3) is 4.56. The Kier molecular flexibility index (Phi) is 6.47. The van der Waals surface area contributed by atoms with E-state index in [2.05, 4.69) is 9.97 Å². The standard InChI is InChI=1S/C23H30N4O3/c28-16-26(30)15-19(13-17-7-4-5-8-17)23(29)27-12-6-11-21(27)22-24-14-20(25-22)18-9-2-1-3-10-18/h1-3,9-10,14,16-17,19,21,30H,4-8,11-13,15H2,(H,24,25)/t19-,21+/m1/s1. The van der Waals surface area contributed by atoms with Gasteiger partial charge >= 0.3 is 0 Å². The Morgan fingerprint density at radius 3 is 2.73 bits per heavy atom. The van der Waals surface area contributed by atoms with Crippen molar-refractivity contribution < 1.29 is 14.8 Å². The molecule has 2 atom stereocenters. The molecule has 1 aliphatic heterocycles. The first-order valence-corrected chi connectivity index (χ1v) is 11.0. The van der Waals surface area contributed by atoms with Gasteiger partial charge < -0.3 is 9.88 Å². The van der Waals surface area contributed by atoms with Crippen LogP contribution in [0.1, 0.15) is 56.8 Å². The Morgan fingerprint density at radius 2 is 2.00 bits per heavy atom. The average molecular weight is 411 g/mol. The first-order valence-electron chi connectivity index (χ1n) is 11.0. The maximum absolute atomic E-state index is 13.5. The van der Waals surface area contributed by atoms with E-state index in [0.717, 1.165) is 49.2 Å². The monoisotopic (exact) mass is 410 g/mol. The van der Waals surface area contributed by atoms with E-state index in [9.17, 15) is 14.8 Å². The third-order valence-corrected chi connectivity index (χ3v) is 6.50. The third-order valence-electron chi connectivity index (χ3n) is 6.50. The summed E-state index contributed by atoms with van der Waals surface area (Å²) in [6.45, 7) is 0.730. The fraction of sp³-hybridized carbons (Fsp3) is 0.522. The molecule has 1 aliphatic carbocycles. The van der Waals surface area contributed by atoms with Crippen molar-refractivity contribution in [3.05, 3.63) is 42.4 Å². The molecule has 30 heavy (non-hydrogen) atoms. The number of likely N-dealkylation sites (tertiary alicyclic amines) is 1. The minimum Gasteiger partial charge on any atom is -0.340 e. The first kappa shape index (κ1) is 20.6. The number of imidazole rings is 1. The summed E-state index contributed by atoms with van der Waals surface area (Å²) in [5.41, 5.74) is 2.00. The van der Waals surface area contributed by atoms with Crippen LogP contribution in [-0.2, 0) is 9.59 Å². The fourth-order valence-electron chi connectivity index (χ4n) is 4.99. The molecule has 0 radical (unpaired) electrons. The van der Waals surface area contributed by atoms with Gasteiger partial charge in [-0.1, -0.05) is 56.0 Å². The summed E-state index contributed by atoms with van der Waals surface area (Å²) in [5, 5.41) is 10.4. The van der Waals surface area contributed by atoms with Crippen molar-refractivity contribution in [3.63, 3.8) is 0 Å². The van der Waals surface area contributed by atoms with Gasteiger partial charge in [0.2, 0.25) is 12.3 Å². The second kappa shape index (κ2) is 9.43. The second-order valence-electron chi connectivity index (χ2n) is 8.55. The van der Waals surface area contributed by atoms with E-state index in [4.69, 9.17) is 0 Å².